The Morgan fingerprint density at radius 3 is 2.71 bits per heavy atom. The summed E-state index contributed by atoms with van der Waals surface area (Å²) in [5.74, 6) is 1.34. The summed E-state index contributed by atoms with van der Waals surface area (Å²) in [4.78, 5) is 15.5. The molecule has 4 heteroatoms. The summed E-state index contributed by atoms with van der Waals surface area (Å²) in [5.41, 5.74) is 0.870. The zero-order valence-electron chi connectivity index (χ0n) is 11.9. The molecule has 108 valence electrons. The Morgan fingerprint density at radius 1 is 1.19 bits per heavy atom. The van der Waals surface area contributed by atoms with E-state index in [2.05, 4.69) is 0 Å². The highest BCUT2D eigenvalue weighted by atomic mass is 32.2. The van der Waals surface area contributed by atoms with Crippen LogP contribution in [0.4, 0.5) is 5.69 Å². The molecule has 0 radical (unpaired) electrons. The monoisotopic (exact) mass is 299 g/mol. The van der Waals surface area contributed by atoms with Gasteiger partial charge in [0, 0.05) is 4.90 Å². The maximum Gasteiger partial charge on any atom is 0.237 e. The van der Waals surface area contributed by atoms with Gasteiger partial charge in [-0.25, -0.2) is 0 Å². The average Bonchev–Trinajstić information content (AvgIpc) is 2.52. The van der Waals surface area contributed by atoms with Gasteiger partial charge in [-0.05, 0) is 31.2 Å². The van der Waals surface area contributed by atoms with E-state index in [1.807, 2.05) is 66.4 Å². The molecule has 2 aromatic carbocycles. The topological polar surface area (TPSA) is 29.5 Å². The van der Waals surface area contributed by atoms with Crippen molar-refractivity contribution in [3.05, 3.63) is 54.6 Å². The lowest BCUT2D eigenvalue weighted by atomic mass is 10.2. The minimum absolute atomic E-state index is 0.0191. The second-order valence-corrected chi connectivity index (χ2v) is 6.05. The Morgan fingerprint density at radius 2 is 1.90 bits per heavy atom. The van der Waals surface area contributed by atoms with E-state index in [1.54, 1.807) is 11.8 Å². The lowest BCUT2D eigenvalue weighted by Crippen LogP contribution is -2.43. The second-order valence-electron chi connectivity index (χ2n) is 5.00. The third kappa shape index (κ3) is 3.22. The van der Waals surface area contributed by atoms with E-state index in [-0.39, 0.29) is 12.0 Å². The Bertz CT molecular complexity index is 630. The fourth-order valence-electron chi connectivity index (χ4n) is 2.37. The van der Waals surface area contributed by atoms with Crippen molar-refractivity contribution < 1.29 is 9.53 Å². The number of amides is 1. The number of thioether (sulfide) groups is 1. The van der Waals surface area contributed by atoms with Gasteiger partial charge in [0.1, 0.15) is 11.9 Å². The van der Waals surface area contributed by atoms with Crippen molar-refractivity contribution in [3.8, 4) is 5.75 Å². The Kier molecular flexibility index (Phi) is 4.15. The van der Waals surface area contributed by atoms with Crippen molar-refractivity contribution in [2.45, 2.75) is 17.9 Å². The minimum Gasteiger partial charge on any atom is -0.487 e. The lowest BCUT2D eigenvalue weighted by Gasteiger charge is -2.33. The number of benzene rings is 2. The molecule has 21 heavy (non-hydrogen) atoms. The van der Waals surface area contributed by atoms with E-state index in [9.17, 15) is 4.79 Å². The van der Waals surface area contributed by atoms with Crippen molar-refractivity contribution in [2.24, 2.45) is 0 Å². The van der Waals surface area contributed by atoms with Crippen molar-refractivity contribution in [1.29, 1.82) is 0 Å². The second kappa shape index (κ2) is 6.22. The average molecular weight is 299 g/mol. The third-order valence-corrected chi connectivity index (χ3v) is 4.33. The molecule has 1 aliphatic rings. The molecule has 3 rings (SSSR count). The molecule has 0 spiro atoms. The van der Waals surface area contributed by atoms with Crippen LogP contribution in [-0.4, -0.2) is 24.3 Å². The highest BCUT2D eigenvalue weighted by molar-refractivity contribution is 8.00. The SMILES string of the molecule is CC1CN(C(=O)CSc2ccccc2)c2ccccc2O1. The molecule has 1 heterocycles. The first kappa shape index (κ1) is 14.0. The van der Waals surface area contributed by atoms with Crippen molar-refractivity contribution in [3.63, 3.8) is 0 Å². The zero-order valence-corrected chi connectivity index (χ0v) is 12.7. The molecule has 0 saturated carbocycles. The number of fused-ring (bicyclic) bond motifs is 1. The van der Waals surface area contributed by atoms with E-state index in [0.717, 1.165) is 16.3 Å². The maximum absolute atomic E-state index is 12.5. The molecule has 0 fully saturated rings. The van der Waals surface area contributed by atoms with Gasteiger partial charge in [-0.3, -0.25) is 4.79 Å². The Hall–Kier alpha value is -1.94. The Labute approximate surface area is 128 Å². The quantitative estimate of drug-likeness (QED) is 0.811. The summed E-state index contributed by atoms with van der Waals surface area (Å²) in [6.07, 6.45) is 0.0191. The molecule has 3 nitrogen and oxygen atoms in total. The van der Waals surface area contributed by atoms with Gasteiger partial charge in [0.25, 0.3) is 0 Å². The fraction of sp³-hybridized carbons (Fsp3) is 0.235. The summed E-state index contributed by atoms with van der Waals surface area (Å²) in [6.45, 7) is 2.59. The van der Waals surface area contributed by atoms with E-state index >= 15 is 0 Å². The van der Waals surface area contributed by atoms with Crippen LogP contribution in [0.15, 0.2) is 59.5 Å². The van der Waals surface area contributed by atoms with Gasteiger partial charge in [-0.2, -0.15) is 0 Å². The van der Waals surface area contributed by atoms with E-state index in [1.165, 1.54) is 0 Å². The fourth-order valence-corrected chi connectivity index (χ4v) is 3.16. The van der Waals surface area contributed by atoms with Gasteiger partial charge in [-0.15, -0.1) is 11.8 Å². The molecule has 1 atom stereocenters. The number of ether oxygens (including phenoxy) is 1. The molecule has 1 unspecified atom stereocenters. The molecule has 1 amide bonds. The van der Waals surface area contributed by atoms with Crippen molar-refractivity contribution >= 4 is 23.4 Å². The first-order valence-electron chi connectivity index (χ1n) is 6.98. The number of rotatable bonds is 3. The van der Waals surface area contributed by atoms with Crippen LogP contribution in [0.3, 0.4) is 0 Å². The van der Waals surface area contributed by atoms with Gasteiger partial charge in [0.05, 0.1) is 18.0 Å². The summed E-state index contributed by atoms with van der Waals surface area (Å²) in [5, 5.41) is 0. The van der Waals surface area contributed by atoms with Crippen molar-refractivity contribution in [1.82, 2.24) is 0 Å². The third-order valence-electron chi connectivity index (χ3n) is 3.33. The van der Waals surface area contributed by atoms with Crippen LogP contribution in [0.25, 0.3) is 0 Å². The highest BCUT2D eigenvalue weighted by Crippen LogP contribution is 2.33. The molecule has 0 saturated heterocycles. The highest BCUT2D eigenvalue weighted by Gasteiger charge is 2.26. The molecule has 0 aliphatic carbocycles. The predicted octanol–water partition coefficient (Wildman–Crippen LogP) is 3.59. The van der Waals surface area contributed by atoms with Crippen LogP contribution >= 0.6 is 11.8 Å². The van der Waals surface area contributed by atoms with Crippen LogP contribution in [-0.2, 0) is 4.79 Å². The summed E-state index contributed by atoms with van der Waals surface area (Å²) >= 11 is 1.57. The maximum atomic E-state index is 12.5. The van der Waals surface area contributed by atoms with Crippen LogP contribution in [0.1, 0.15) is 6.92 Å². The lowest BCUT2D eigenvalue weighted by molar-refractivity contribution is -0.116. The molecule has 2 aromatic rings. The van der Waals surface area contributed by atoms with Crippen LogP contribution in [0.2, 0.25) is 0 Å². The first-order chi connectivity index (χ1) is 10.2. The number of hydrogen-bond donors (Lipinski definition) is 0. The summed E-state index contributed by atoms with van der Waals surface area (Å²) in [7, 11) is 0. The zero-order chi connectivity index (χ0) is 14.7. The molecule has 1 aliphatic heterocycles. The summed E-state index contributed by atoms with van der Waals surface area (Å²) < 4.78 is 5.77. The van der Waals surface area contributed by atoms with Gasteiger partial charge in [0.15, 0.2) is 0 Å². The van der Waals surface area contributed by atoms with Crippen LogP contribution in [0.5, 0.6) is 5.75 Å². The number of anilines is 1. The molecular weight excluding hydrogens is 282 g/mol. The van der Waals surface area contributed by atoms with Gasteiger partial charge in [-0.1, -0.05) is 30.3 Å². The van der Waals surface area contributed by atoms with Gasteiger partial charge >= 0.3 is 0 Å². The molecule has 0 N–H and O–H groups in total. The first-order valence-corrected chi connectivity index (χ1v) is 7.96. The number of carbonyl (C=O) groups is 1. The smallest absolute Gasteiger partial charge is 0.237 e. The molecular formula is C17H17NO2S. The number of carbonyl (C=O) groups excluding carboxylic acids is 1. The van der Waals surface area contributed by atoms with E-state index in [0.29, 0.717) is 12.3 Å². The van der Waals surface area contributed by atoms with Gasteiger partial charge in [0.2, 0.25) is 5.91 Å². The van der Waals surface area contributed by atoms with Crippen LogP contribution in [0, 0.1) is 0 Å². The number of hydrogen-bond acceptors (Lipinski definition) is 3. The number of para-hydroxylation sites is 2. The normalized spacial score (nSPS) is 17.0. The van der Waals surface area contributed by atoms with Gasteiger partial charge < -0.3 is 9.64 Å². The van der Waals surface area contributed by atoms with E-state index < -0.39 is 0 Å². The molecule has 0 aromatic heterocycles. The van der Waals surface area contributed by atoms with Crippen molar-refractivity contribution in [2.75, 3.05) is 17.2 Å². The predicted molar refractivity (Wildman–Crippen MR) is 86.1 cm³/mol. The number of nitrogens with zero attached hydrogens (tertiary/aromatic N) is 1. The largest absolute Gasteiger partial charge is 0.487 e. The molecule has 0 bridgehead atoms. The minimum atomic E-state index is 0.0191. The van der Waals surface area contributed by atoms with E-state index in [4.69, 9.17) is 4.74 Å². The summed E-state index contributed by atoms with van der Waals surface area (Å²) in [6, 6.07) is 17.7. The standard InChI is InChI=1S/C17H17NO2S/c1-13-11-18(15-9-5-6-10-16(15)20-13)17(19)12-21-14-7-3-2-4-8-14/h2-10,13H,11-12H2,1H3. The van der Waals surface area contributed by atoms with Crippen LogP contribution < -0.4 is 9.64 Å². The Balaban J connectivity index is 1.73.